The minimum atomic E-state index is -0.322. The normalized spacial score (nSPS) is 17.8. The number of benzene rings is 1. The summed E-state index contributed by atoms with van der Waals surface area (Å²) >= 11 is 0. The molecule has 2 amide bonds. The maximum atomic E-state index is 12.6. The first kappa shape index (κ1) is 22.2. The van der Waals surface area contributed by atoms with Gasteiger partial charge in [-0.05, 0) is 55.5 Å². The zero-order valence-corrected chi connectivity index (χ0v) is 19.5. The van der Waals surface area contributed by atoms with Gasteiger partial charge in [0.1, 0.15) is 0 Å². The molecule has 2 fully saturated rings. The zero-order chi connectivity index (χ0) is 22.9. The monoisotopic (exact) mass is 435 g/mol. The minimum Gasteiger partial charge on any atom is -0.353 e. The summed E-state index contributed by atoms with van der Waals surface area (Å²) in [5, 5.41) is 11.3. The summed E-state index contributed by atoms with van der Waals surface area (Å²) < 4.78 is 0. The molecule has 1 aromatic heterocycles. The molecule has 0 aliphatic carbocycles. The number of amides is 2. The molecule has 2 saturated heterocycles. The molecule has 2 aliphatic heterocycles. The van der Waals surface area contributed by atoms with Gasteiger partial charge in [0.2, 0.25) is 11.8 Å². The molecule has 1 N–H and O–H groups in total. The number of anilines is 2. The summed E-state index contributed by atoms with van der Waals surface area (Å²) in [7, 11) is 0. The van der Waals surface area contributed by atoms with Gasteiger partial charge in [-0.1, -0.05) is 32.9 Å². The molecule has 3 heterocycles. The highest BCUT2D eigenvalue weighted by Gasteiger charge is 2.34. The van der Waals surface area contributed by atoms with Crippen molar-refractivity contribution in [1.82, 2.24) is 15.1 Å². The second-order valence-electron chi connectivity index (χ2n) is 10.1. The molecule has 1 aromatic carbocycles. The van der Waals surface area contributed by atoms with Crippen molar-refractivity contribution in [2.75, 3.05) is 36.4 Å². The summed E-state index contributed by atoms with van der Waals surface area (Å²) in [4.78, 5) is 29.1. The van der Waals surface area contributed by atoms with E-state index in [1.54, 1.807) is 0 Å². The molecule has 0 bridgehead atoms. The van der Waals surface area contributed by atoms with Gasteiger partial charge in [0.15, 0.2) is 5.82 Å². The van der Waals surface area contributed by atoms with Crippen molar-refractivity contribution < 1.29 is 9.59 Å². The number of aromatic nitrogens is 2. The van der Waals surface area contributed by atoms with Crippen LogP contribution in [0.1, 0.15) is 50.8 Å². The molecule has 2 aliphatic rings. The lowest BCUT2D eigenvalue weighted by molar-refractivity contribution is -0.140. The number of likely N-dealkylation sites (tertiary alicyclic amines) is 1. The van der Waals surface area contributed by atoms with Crippen LogP contribution in [0.25, 0.3) is 0 Å². The predicted octanol–water partition coefficient (Wildman–Crippen LogP) is 3.61. The van der Waals surface area contributed by atoms with E-state index in [0.717, 1.165) is 43.1 Å². The summed E-state index contributed by atoms with van der Waals surface area (Å²) in [6.45, 7) is 10.8. The van der Waals surface area contributed by atoms with Crippen LogP contribution in [-0.4, -0.2) is 53.1 Å². The topological polar surface area (TPSA) is 78.4 Å². The van der Waals surface area contributed by atoms with E-state index in [0.29, 0.717) is 19.0 Å². The van der Waals surface area contributed by atoms with E-state index in [1.807, 2.05) is 56.9 Å². The van der Waals surface area contributed by atoms with Gasteiger partial charge in [-0.2, -0.15) is 5.10 Å². The predicted molar refractivity (Wildman–Crippen MR) is 126 cm³/mol. The van der Waals surface area contributed by atoms with Gasteiger partial charge in [0, 0.05) is 37.3 Å². The van der Waals surface area contributed by atoms with Crippen LogP contribution in [0.4, 0.5) is 11.5 Å². The molecule has 0 atom stereocenters. The Morgan fingerprint density at radius 1 is 0.969 bits per heavy atom. The molecule has 0 spiro atoms. The minimum absolute atomic E-state index is 0.0394. The number of carbonyl (C=O) groups is 2. The van der Waals surface area contributed by atoms with E-state index < -0.39 is 0 Å². The Morgan fingerprint density at radius 3 is 2.19 bits per heavy atom. The van der Waals surface area contributed by atoms with E-state index in [2.05, 4.69) is 32.5 Å². The lowest BCUT2D eigenvalue weighted by atomic mass is 9.87. The Kier molecular flexibility index (Phi) is 6.17. The Morgan fingerprint density at radius 2 is 1.62 bits per heavy atom. The number of nitrogens with one attached hydrogen (secondary N) is 1. The van der Waals surface area contributed by atoms with E-state index >= 15 is 0 Å². The van der Waals surface area contributed by atoms with E-state index in [-0.39, 0.29) is 23.1 Å². The van der Waals surface area contributed by atoms with E-state index in [1.165, 1.54) is 5.56 Å². The fourth-order valence-corrected chi connectivity index (χ4v) is 4.37. The van der Waals surface area contributed by atoms with Crippen LogP contribution in [0.5, 0.6) is 0 Å². The third kappa shape index (κ3) is 4.92. The van der Waals surface area contributed by atoms with Crippen LogP contribution >= 0.6 is 0 Å². The lowest BCUT2D eigenvalue weighted by Crippen LogP contribution is -2.52. The van der Waals surface area contributed by atoms with E-state index in [9.17, 15) is 9.59 Å². The van der Waals surface area contributed by atoms with Crippen molar-refractivity contribution in [2.24, 2.45) is 11.3 Å². The number of hydrogen-bond donors (Lipinski definition) is 1. The average Bonchev–Trinajstić information content (AvgIpc) is 2.73. The van der Waals surface area contributed by atoms with Gasteiger partial charge in [-0.25, -0.2) is 0 Å². The summed E-state index contributed by atoms with van der Waals surface area (Å²) in [5.74, 6) is 1.52. The van der Waals surface area contributed by atoms with Crippen molar-refractivity contribution >= 4 is 23.3 Å². The smallest absolute Gasteiger partial charge is 0.231 e. The highest BCUT2D eigenvalue weighted by Crippen LogP contribution is 2.31. The number of nitrogens with zero attached hydrogens (tertiary/aromatic N) is 4. The van der Waals surface area contributed by atoms with Crippen LogP contribution in [0.15, 0.2) is 36.4 Å². The van der Waals surface area contributed by atoms with Gasteiger partial charge < -0.3 is 15.1 Å². The number of piperidine rings is 1. The third-order valence-corrected chi connectivity index (χ3v) is 6.43. The maximum absolute atomic E-state index is 12.6. The highest BCUT2D eigenvalue weighted by atomic mass is 16.2. The second-order valence-corrected chi connectivity index (χ2v) is 10.1. The highest BCUT2D eigenvalue weighted by molar-refractivity contribution is 5.94. The van der Waals surface area contributed by atoms with Gasteiger partial charge >= 0.3 is 0 Å². The van der Waals surface area contributed by atoms with Gasteiger partial charge in [-0.15, -0.1) is 5.10 Å². The van der Waals surface area contributed by atoms with E-state index in [4.69, 9.17) is 0 Å². The molecule has 0 radical (unpaired) electrons. The number of hydrogen-bond acceptors (Lipinski definition) is 5. The zero-order valence-electron chi connectivity index (χ0n) is 19.5. The molecule has 7 heteroatoms. The quantitative estimate of drug-likeness (QED) is 0.794. The Hall–Kier alpha value is -2.96. The van der Waals surface area contributed by atoms with Crippen molar-refractivity contribution in [3.63, 3.8) is 0 Å². The molecule has 0 saturated carbocycles. The molecule has 170 valence electrons. The average molecular weight is 436 g/mol. The summed E-state index contributed by atoms with van der Waals surface area (Å²) in [5.41, 5.74) is 2.67. The maximum Gasteiger partial charge on any atom is 0.231 e. The summed E-state index contributed by atoms with van der Waals surface area (Å²) in [6, 6.07) is 12.1. The number of rotatable bonds is 4. The fourth-order valence-electron chi connectivity index (χ4n) is 4.37. The van der Waals surface area contributed by atoms with Crippen LogP contribution < -0.4 is 10.2 Å². The standard InChI is InChI=1S/C25H33N5O2/c1-17-5-10-22(28-27-17)30-15-20(16-30)23(31)26-21-8-6-18(7-9-21)19-11-13-29(14-12-19)24(32)25(2,3)4/h5-10,19-20H,11-16H2,1-4H3,(H,26,31). The van der Waals surface area contributed by atoms with Crippen molar-refractivity contribution in [1.29, 1.82) is 0 Å². The molecule has 4 rings (SSSR count). The van der Waals surface area contributed by atoms with Gasteiger partial charge in [-0.3, -0.25) is 9.59 Å². The largest absolute Gasteiger partial charge is 0.353 e. The molecule has 32 heavy (non-hydrogen) atoms. The molecule has 2 aromatic rings. The van der Waals surface area contributed by atoms with Crippen LogP contribution in [-0.2, 0) is 9.59 Å². The fraction of sp³-hybridized carbons (Fsp3) is 0.520. The molecule has 7 nitrogen and oxygen atoms in total. The van der Waals surface area contributed by atoms with Crippen LogP contribution in [0.2, 0.25) is 0 Å². The number of carbonyl (C=O) groups excluding carboxylic acids is 2. The first-order valence-electron chi connectivity index (χ1n) is 11.5. The molecule has 0 unspecified atom stereocenters. The molecular formula is C25H33N5O2. The first-order chi connectivity index (χ1) is 15.2. The van der Waals surface area contributed by atoms with Crippen LogP contribution in [0, 0.1) is 18.3 Å². The summed E-state index contributed by atoms with van der Waals surface area (Å²) in [6.07, 6.45) is 1.96. The Labute approximate surface area is 190 Å². The molecular weight excluding hydrogens is 402 g/mol. The van der Waals surface area contributed by atoms with Gasteiger partial charge in [0.25, 0.3) is 0 Å². The van der Waals surface area contributed by atoms with Crippen molar-refractivity contribution in [3.8, 4) is 0 Å². The van der Waals surface area contributed by atoms with Crippen LogP contribution in [0.3, 0.4) is 0 Å². The third-order valence-electron chi connectivity index (χ3n) is 6.43. The van der Waals surface area contributed by atoms with Crippen molar-refractivity contribution in [3.05, 3.63) is 47.7 Å². The van der Waals surface area contributed by atoms with Gasteiger partial charge in [0.05, 0.1) is 11.6 Å². The number of aryl methyl sites for hydroxylation is 1. The second kappa shape index (κ2) is 8.88. The Balaban J connectivity index is 1.25. The lowest BCUT2D eigenvalue weighted by Gasteiger charge is -2.38. The first-order valence-corrected chi connectivity index (χ1v) is 11.5. The Bertz CT molecular complexity index is 951. The van der Waals surface area contributed by atoms with Crippen molar-refractivity contribution in [2.45, 2.75) is 46.5 Å². The SMILES string of the molecule is Cc1ccc(N2CC(C(=O)Nc3ccc(C4CCN(C(=O)C(C)(C)C)CC4)cc3)C2)nn1.